The highest BCUT2D eigenvalue weighted by Crippen LogP contribution is 2.23. The van der Waals surface area contributed by atoms with E-state index in [1.165, 1.54) is 16.8 Å². The molecule has 0 unspecified atom stereocenters. The number of hydrogen-bond donors (Lipinski definition) is 2. The average Bonchev–Trinajstić information content (AvgIpc) is 2.71. The SMILES string of the molecule is CNCCC=Cc1ccc2c(c1)CCN2. The van der Waals surface area contributed by atoms with Gasteiger partial charge in [-0.2, -0.15) is 0 Å². The molecular formula is C13H18N2. The van der Waals surface area contributed by atoms with Gasteiger partial charge in [0.25, 0.3) is 0 Å². The molecule has 1 heterocycles. The Morgan fingerprint density at radius 2 is 2.40 bits per heavy atom. The van der Waals surface area contributed by atoms with Gasteiger partial charge >= 0.3 is 0 Å². The molecule has 1 aliphatic rings. The molecule has 2 N–H and O–H groups in total. The van der Waals surface area contributed by atoms with Crippen LogP contribution in [0, 0.1) is 0 Å². The van der Waals surface area contributed by atoms with Crippen molar-refractivity contribution in [2.24, 2.45) is 0 Å². The Morgan fingerprint density at radius 1 is 1.47 bits per heavy atom. The lowest BCUT2D eigenvalue weighted by atomic mass is 10.1. The molecule has 0 radical (unpaired) electrons. The van der Waals surface area contributed by atoms with Crippen molar-refractivity contribution in [1.82, 2.24) is 5.32 Å². The van der Waals surface area contributed by atoms with Gasteiger partial charge in [-0.15, -0.1) is 0 Å². The smallest absolute Gasteiger partial charge is 0.0373 e. The topological polar surface area (TPSA) is 24.1 Å². The Bertz CT molecular complexity index is 356. The molecule has 0 saturated carbocycles. The molecule has 1 aromatic carbocycles. The zero-order valence-corrected chi connectivity index (χ0v) is 9.22. The number of nitrogens with one attached hydrogen (secondary N) is 2. The molecule has 0 fully saturated rings. The minimum atomic E-state index is 1.04. The highest BCUT2D eigenvalue weighted by Gasteiger charge is 2.08. The van der Waals surface area contributed by atoms with Crippen molar-refractivity contribution in [3.63, 3.8) is 0 Å². The molecule has 1 aliphatic heterocycles. The molecule has 0 atom stereocenters. The van der Waals surface area contributed by atoms with Crippen molar-refractivity contribution >= 4 is 11.8 Å². The summed E-state index contributed by atoms with van der Waals surface area (Å²) in [4.78, 5) is 0. The van der Waals surface area contributed by atoms with Gasteiger partial charge in [-0.3, -0.25) is 0 Å². The first-order chi connectivity index (χ1) is 7.40. The number of anilines is 1. The Hall–Kier alpha value is -1.28. The number of fused-ring (bicyclic) bond motifs is 1. The predicted octanol–water partition coefficient (Wildman–Crippen LogP) is 2.28. The summed E-state index contributed by atoms with van der Waals surface area (Å²) in [5.41, 5.74) is 4.07. The zero-order chi connectivity index (χ0) is 10.5. The van der Waals surface area contributed by atoms with Crippen molar-refractivity contribution in [3.05, 3.63) is 35.4 Å². The first-order valence-electron chi connectivity index (χ1n) is 5.58. The van der Waals surface area contributed by atoms with Crippen LogP contribution >= 0.6 is 0 Å². The van der Waals surface area contributed by atoms with Crippen molar-refractivity contribution < 1.29 is 0 Å². The van der Waals surface area contributed by atoms with Crippen LogP contribution in [0.2, 0.25) is 0 Å². The molecule has 15 heavy (non-hydrogen) atoms. The average molecular weight is 202 g/mol. The zero-order valence-electron chi connectivity index (χ0n) is 9.22. The Morgan fingerprint density at radius 3 is 3.27 bits per heavy atom. The molecule has 0 amide bonds. The van der Waals surface area contributed by atoms with E-state index in [1.807, 2.05) is 7.05 Å². The number of rotatable bonds is 4. The third kappa shape index (κ3) is 2.60. The maximum Gasteiger partial charge on any atom is 0.0373 e. The van der Waals surface area contributed by atoms with Gasteiger partial charge in [0.1, 0.15) is 0 Å². The highest BCUT2D eigenvalue weighted by atomic mass is 14.9. The van der Waals surface area contributed by atoms with Gasteiger partial charge in [0, 0.05) is 12.2 Å². The molecule has 0 saturated heterocycles. The van der Waals surface area contributed by atoms with E-state index < -0.39 is 0 Å². The van der Waals surface area contributed by atoms with E-state index in [1.54, 1.807) is 0 Å². The van der Waals surface area contributed by atoms with Crippen LogP contribution in [0.3, 0.4) is 0 Å². The van der Waals surface area contributed by atoms with E-state index in [4.69, 9.17) is 0 Å². The van der Waals surface area contributed by atoms with Crippen LogP contribution in [0.1, 0.15) is 17.5 Å². The Balaban J connectivity index is 2.00. The molecule has 1 aromatic rings. The van der Waals surface area contributed by atoms with Crippen molar-refractivity contribution in [2.75, 3.05) is 25.5 Å². The maximum absolute atomic E-state index is 3.37. The van der Waals surface area contributed by atoms with Crippen molar-refractivity contribution in [1.29, 1.82) is 0 Å². The summed E-state index contributed by atoms with van der Waals surface area (Å²) in [6.45, 7) is 2.13. The number of benzene rings is 1. The summed E-state index contributed by atoms with van der Waals surface area (Å²) in [6.07, 6.45) is 6.68. The molecular weight excluding hydrogens is 184 g/mol. The van der Waals surface area contributed by atoms with Crippen LogP contribution in [-0.4, -0.2) is 20.1 Å². The van der Waals surface area contributed by atoms with Gasteiger partial charge in [-0.1, -0.05) is 18.2 Å². The van der Waals surface area contributed by atoms with Gasteiger partial charge in [0.05, 0.1) is 0 Å². The minimum absolute atomic E-state index is 1.04. The highest BCUT2D eigenvalue weighted by molar-refractivity contribution is 5.62. The van der Waals surface area contributed by atoms with E-state index >= 15 is 0 Å². The fraction of sp³-hybridized carbons (Fsp3) is 0.385. The van der Waals surface area contributed by atoms with Crippen LogP contribution in [0.15, 0.2) is 24.3 Å². The van der Waals surface area contributed by atoms with Crippen LogP contribution < -0.4 is 10.6 Å². The molecule has 0 spiro atoms. The second-order valence-electron chi connectivity index (χ2n) is 3.89. The van der Waals surface area contributed by atoms with E-state index in [-0.39, 0.29) is 0 Å². The lowest BCUT2D eigenvalue weighted by Crippen LogP contribution is -2.05. The minimum Gasteiger partial charge on any atom is -0.384 e. The fourth-order valence-corrected chi connectivity index (χ4v) is 1.88. The quantitative estimate of drug-likeness (QED) is 0.732. The second-order valence-corrected chi connectivity index (χ2v) is 3.89. The largest absolute Gasteiger partial charge is 0.384 e. The summed E-state index contributed by atoms with van der Waals surface area (Å²) in [6, 6.07) is 6.64. The van der Waals surface area contributed by atoms with E-state index in [2.05, 4.69) is 41.0 Å². The van der Waals surface area contributed by atoms with E-state index in [0.29, 0.717) is 0 Å². The third-order valence-corrected chi connectivity index (χ3v) is 2.71. The summed E-state index contributed by atoms with van der Waals surface area (Å²) in [7, 11) is 1.98. The molecule has 80 valence electrons. The van der Waals surface area contributed by atoms with Crippen LogP contribution in [-0.2, 0) is 6.42 Å². The predicted molar refractivity (Wildman–Crippen MR) is 66.2 cm³/mol. The van der Waals surface area contributed by atoms with Gasteiger partial charge < -0.3 is 10.6 Å². The molecule has 0 bridgehead atoms. The van der Waals surface area contributed by atoms with E-state index in [0.717, 1.165) is 25.9 Å². The van der Waals surface area contributed by atoms with Gasteiger partial charge in [-0.25, -0.2) is 0 Å². The lowest BCUT2D eigenvalue weighted by molar-refractivity contribution is 0.809. The van der Waals surface area contributed by atoms with Gasteiger partial charge in [-0.05, 0) is 49.7 Å². The van der Waals surface area contributed by atoms with Gasteiger partial charge in [0.2, 0.25) is 0 Å². The van der Waals surface area contributed by atoms with E-state index in [9.17, 15) is 0 Å². The summed E-state index contributed by atoms with van der Waals surface area (Å²) >= 11 is 0. The van der Waals surface area contributed by atoms with Crippen LogP contribution in [0.5, 0.6) is 0 Å². The van der Waals surface area contributed by atoms with Crippen molar-refractivity contribution in [3.8, 4) is 0 Å². The van der Waals surface area contributed by atoms with Crippen LogP contribution in [0.4, 0.5) is 5.69 Å². The third-order valence-electron chi connectivity index (χ3n) is 2.71. The normalized spacial score (nSPS) is 14.2. The molecule has 0 aliphatic carbocycles. The van der Waals surface area contributed by atoms with Gasteiger partial charge in [0.15, 0.2) is 0 Å². The monoisotopic (exact) mass is 202 g/mol. The molecule has 2 heteroatoms. The first kappa shape index (κ1) is 10.2. The standard InChI is InChI=1S/C13H18N2/c1-14-8-3-2-4-11-5-6-13-12(10-11)7-9-15-13/h2,4-6,10,14-15H,3,7-9H2,1H3. The maximum atomic E-state index is 3.37. The summed E-state index contributed by atoms with van der Waals surface area (Å²) in [5.74, 6) is 0. The van der Waals surface area contributed by atoms with Crippen LogP contribution in [0.25, 0.3) is 6.08 Å². The Labute approximate surface area is 91.4 Å². The van der Waals surface area contributed by atoms with Crippen molar-refractivity contribution in [2.45, 2.75) is 12.8 Å². The molecule has 2 nitrogen and oxygen atoms in total. The summed E-state index contributed by atoms with van der Waals surface area (Å²) < 4.78 is 0. The summed E-state index contributed by atoms with van der Waals surface area (Å²) in [5, 5.41) is 6.50. The fourth-order valence-electron chi connectivity index (χ4n) is 1.88. The molecule has 2 rings (SSSR count). The Kier molecular flexibility index (Phi) is 3.41. The number of hydrogen-bond acceptors (Lipinski definition) is 2. The lowest BCUT2D eigenvalue weighted by Gasteiger charge is -2.00. The first-order valence-corrected chi connectivity index (χ1v) is 5.58. The molecule has 0 aromatic heterocycles. The second kappa shape index (κ2) is 4.99.